The first kappa shape index (κ1) is 12.9. The SMILES string of the molecule is CC(C)c1c(N)ncnc1N1CCCc2ccccc21. The van der Waals surface area contributed by atoms with Crippen molar-refractivity contribution in [2.45, 2.75) is 32.6 Å². The molecule has 1 aromatic heterocycles. The van der Waals surface area contributed by atoms with Crippen LogP contribution in [0.3, 0.4) is 0 Å². The summed E-state index contributed by atoms with van der Waals surface area (Å²) in [4.78, 5) is 11.0. The summed E-state index contributed by atoms with van der Waals surface area (Å²) < 4.78 is 0. The number of nitrogens with two attached hydrogens (primary N) is 1. The van der Waals surface area contributed by atoms with E-state index in [4.69, 9.17) is 5.73 Å². The number of hydrogen-bond acceptors (Lipinski definition) is 4. The first-order valence-corrected chi connectivity index (χ1v) is 7.14. The highest BCUT2D eigenvalue weighted by Crippen LogP contribution is 2.37. The Morgan fingerprint density at radius 2 is 2.00 bits per heavy atom. The molecule has 3 rings (SSSR count). The van der Waals surface area contributed by atoms with Crippen molar-refractivity contribution in [3.05, 3.63) is 41.7 Å². The second kappa shape index (κ2) is 5.12. The fourth-order valence-electron chi connectivity index (χ4n) is 2.92. The molecule has 0 unspecified atom stereocenters. The molecule has 1 aromatic carbocycles. The lowest BCUT2D eigenvalue weighted by Crippen LogP contribution is -2.27. The zero-order valence-corrected chi connectivity index (χ0v) is 12.0. The van der Waals surface area contributed by atoms with Gasteiger partial charge in [-0.25, -0.2) is 9.97 Å². The van der Waals surface area contributed by atoms with E-state index in [1.165, 1.54) is 11.3 Å². The van der Waals surface area contributed by atoms with Gasteiger partial charge in [-0.1, -0.05) is 32.0 Å². The van der Waals surface area contributed by atoms with Gasteiger partial charge in [-0.05, 0) is 30.4 Å². The average Bonchev–Trinajstić information content (AvgIpc) is 2.46. The highest BCUT2D eigenvalue weighted by molar-refractivity contribution is 5.70. The number of para-hydroxylation sites is 1. The van der Waals surface area contributed by atoms with Crippen molar-refractivity contribution < 1.29 is 0 Å². The molecule has 0 saturated heterocycles. The topological polar surface area (TPSA) is 55.0 Å². The standard InChI is InChI=1S/C16H20N4/c1-11(2)14-15(17)18-10-19-16(14)20-9-5-7-12-6-3-4-8-13(12)20/h3-4,6,8,10-11H,5,7,9H2,1-2H3,(H2,17,18,19). The third-order valence-electron chi connectivity index (χ3n) is 3.84. The molecule has 2 heterocycles. The molecule has 104 valence electrons. The third kappa shape index (κ3) is 2.11. The Morgan fingerprint density at radius 1 is 1.20 bits per heavy atom. The number of aryl methyl sites for hydroxylation is 1. The van der Waals surface area contributed by atoms with Crippen LogP contribution in [0.4, 0.5) is 17.3 Å². The minimum Gasteiger partial charge on any atom is -0.383 e. The summed E-state index contributed by atoms with van der Waals surface area (Å²) >= 11 is 0. The maximum absolute atomic E-state index is 6.07. The highest BCUT2D eigenvalue weighted by Gasteiger charge is 2.23. The average molecular weight is 268 g/mol. The van der Waals surface area contributed by atoms with Crippen molar-refractivity contribution in [3.63, 3.8) is 0 Å². The smallest absolute Gasteiger partial charge is 0.142 e. The molecular weight excluding hydrogens is 248 g/mol. The highest BCUT2D eigenvalue weighted by atomic mass is 15.2. The lowest BCUT2D eigenvalue weighted by Gasteiger charge is -2.32. The number of fused-ring (bicyclic) bond motifs is 1. The summed E-state index contributed by atoms with van der Waals surface area (Å²) in [6, 6.07) is 8.54. The fraction of sp³-hybridized carbons (Fsp3) is 0.375. The minimum atomic E-state index is 0.306. The van der Waals surface area contributed by atoms with Gasteiger partial charge in [0.2, 0.25) is 0 Å². The second-order valence-electron chi connectivity index (χ2n) is 5.53. The van der Waals surface area contributed by atoms with E-state index < -0.39 is 0 Å². The van der Waals surface area contributed by atoms with Gasteiger partial charge in [-0.2, -0.15) is 0 Å². The molecule has 0 saturated carbocycles. The van der Waals surface area contributed by atoms with Gasteiger partial charge in [-0.3, -0.25) is 0 Å². The second-order valence-corrected chi connectivity index (χ2v) is 5.53. The van der Waals surface area contributed by atoms with Gasteiger partial charge in [0.15, 0.2) is 0 Å². The van der Waals surface area contributed by atoms with Crippen LogP contribution < -0.4 is 10.6 Å². The van der Waals surface area contributed by atoms with Crippen molar-refractivity contribution in [3.8, 4) is 0 Å². The summed E-state index contributed by atoms with van der Waals surface area (Å²) in [6.45, 7) is 5.25. The molecule has 0 bridgehead atoms. The number of aromatic nitrogens is 2. The number of nitrogens with zero attached hydrogens (tertiary/aromatic N) is 3. The largest absolute Gasteiger partial charge is 0.383 e. The lowest BCUT2D eigenvalue weighted by atomic mass is 9.99. The molecule has 0 amide bonds. The van der Waals surface area contributed by atoms with E-state index in [2.05, 4.69) is 53.0 Å². The van der Waals surface area contributed by atoms with E-state index in [0.717, 1.165) is 30.8 Å². The van der Waals surface area contributed by atoms with Crippen LogP contribution in [0.25, 0.3) is 0 Å². The molecule has 4 nitrogen and oxygen atoms in total. The molecule has 0 fully saturated rings. The number of benzene rings is 1. The molecule has 0 aliphatic carbocycles. The molecule has 2 N–H and O–H groups in total. The Hall–Kier alpha value is -2.10. The lowest BCUT2D eigenvalue weighted by molar-refractivity contribution is 0.745. The van der Waals surface area contributed by atoms with E-state index in [-0.39, 0.29) is 0 Å². The predicted molar refractivity (Wildman–Crippen MR) is 82.3 cm³/mol. The number of anilines is 3. The first-order chi connectivity index (χ1) is 9.68. The van der Waals surface area contributed by atoms with Gasteiger partial charge < -0.3 is 10.6 Å². The summed E-state index contributed by atoms with van der Waals surface area (Å²) in [5.41, 5.74) is 9.75. The van der Waals surface area contributed by atoms with Crippen LogP contribution in [-0.4, -0.2) is 16.5 Å². The zero-order chi connectivity index (χ0) is 14.1. The van der Waals surface area contributed by atoms with E-state index in [9.17, 15) is 0 Å². The molecule has 4 heteroatoms. The van der Waals surface area contributed by atoms with Crippen LogP contribution in [-0.2, 0) is 6.42 Å². The van der Waals surface area contributed by atoms with Crippen molar-refractivity contribution in [2.24, 2.45) is 0 Å². The zero-order valence-electron chi connectivity index (χ0n) is 12.0. The minimum absolute atomic E-state index is 0.306. The van der Waals surface area contributed by atoms with E-state index >= 15 is 0 Å². The maximum atomic E-state index is 6.07. The maximum Gasteiger partial charge on any atom is 0.142 e. The molecule has 1 aliphatic rings. The van der Waals surface area contributed by atoms with Gasteiger partial charge >= 0.3 is 0 Å². The van der Waals surface area contributed by atoms with Crippen LogP contribution in [0.5, 0.6) is 0 Å². The quantitative estimate of drug-likeness (QED) is 0.908. The van der Waals surface area contributed by atoms with E-state index in [1.807, 2.05) is 0 Å². The molecule has 0 radical (unpaired) electrons. The van der Waals surface area contributed by atoms with Crippen molar-refractivity contribution in [2.75, 3.05) is 17.2 Å². The van der Waals surface area contributed by atoms with Gasteiger partial charge in [0.05, 0.1) is 0 Å². The summed E-state index contributed by atoms with van der Waals surface area (Å²) in [7, 11) is 0. The summed E-state index contributed by atoms with van der Waals surface area (Å²) in [5, 5.41) is 0. The molecule has 0 atom stereocenters. The molecule has 20 heavy (non-hydrogen) atoms. The molecule has 2 aromatic rings. The molecular formula is C16H20N4. The Balaban J connectivity index is 2.14. The monoisotopic (exact) mass is 268 g/mol. The number of hydrogen-bond donors (Lipinski definition) is 1. The first-order valence-electron chi connectivity index (χ1n) is 7.14. The Labute approximate surface area is 119 Å². The Bertz CT molecular complexity index is 622. The van der Waals surface area contributed by atoms with Crippen LogP contribution in [0, 0.1) is 0 Å². The third-order valence-corrected chi connectivity index (χ3v) is 3.84. The van der Waals surface area contributed by atoms with Gasteiger partial charge in [-0.15, -0.1) is 0 Å². The number of nitrogen functional groups attached to an aromatic ring is 1. The number of rotatable bonds is 2. The predicted octanol–water partition coefficient (Wildman–Crippen LogP) is 3.27. The fourth-order valence-corrected chi connectivity index (χ4v) is 2.92. The van der Waals surface area contributed by atoms with Crippen LogP contribution >= 0.6 is 0 Å². The Kier molecular flexibility index (Phi) is 3.30. The molecule has 1 aliphatic heterocycles. The summed E-state index contributed by atoms with van der Waals surface area (Å²) in [5.74, 6) is 1.85. The Morgan fingerprint density at radius 3 is 2.80 bits per heavy atom. The van der Waals surface area contributed by atoms with Crippen LogP contribution in [0.2, 0.25) is 0 Å². The normalized spacial score (nSPS) is 14.4. The van der Waals surface area contributed by atoms with Crippen molar-refractivity contribution in [1.29, 1.82) is 0 Å². The van der Waals surface area contributed by atoms with Gasteiger partial charge in [0.25, 0.3) is 0 Å². The van der Waals surface area contributed by atoms with Crippen molar-refractivity contribution >= 4 is 17.3 Å². The van der Waals surface area contributed by atoms with Crippen LogP contribution in [0.1, 0.15) is 37.3 Å². The van der Waals surface area contributed by atoms with Crippen molar-refractivity contribution in [1.82, 2.24) is 9.97 Å². The molecule has 0 spiro atoms. The van der Waals surface area contributed by atoms with Gasteiger partial charge in [0, 0.05) is 17.8 Å². The van der Waals surface area contributed by atoms with Crippen LogP contribution in [0.15, 0.2) is 30.6 Å². The van der Waals surface area contributed by atoms with E-state index in [1.54, 1.807) is 6.33 Å². The van der Waals surface area contributed by atoms with Gasteiger partial charge in [0.1, 0.15) is 18.0 Å². The van der Waals surface area contributed by atoms with E-state index in [0.29, 0.717) is 11.7 Å². The summed E-state index contributed by atoms with van der Waals surface area (Å²) in [6.07, 6.45) is 3.83.